The maximum Gasteiger partial charge on any atom is 0.124 e. The van der Waals surface area contributed by atoms with E-state index in [1.54, 1.807) is 12.3 Å². The number of nitrogen functional groups attached to an aromatic ring is 2. The fraction of sp³-hybridized carbons (Fsp3) is 0. The first-order chi connectivity index (χ1) is 4.72. The van der Waals surface area contributed by atoms with Crippen LogP contribution >= 0.6 is 12.4 Å². The molecule has 0 saturated carbocycles. The largest absolute Gasteiger partial charge is 0.397 e. The lowest BCUT2D eigenvalue weighted by Crippen LogP contribution is -2.13. The molecule has 4 nitrogen and oxygen atoms in total. The first-order valence-electron chi connectivity index (χ1n) is 2.75. The second-order valence-corrected chi connectivity index (χ2v) is 1.88. The van der Waals surface area contributed by atoms with Gasteiger partial charge in [0.15, 0.2) is 0 Å². The molecule has 1 heterocycles. The van der Waals surface area contributed by atoms with E-state index < -0.39 is 0 Å². The van der Waals surface area contributed by atoms with Gasteiger partial charge < -0.3 is 11.5 Å². The summed E-state index contributed by atoms with van der Waals surface area (Å²) in [6.07, 6.45) is 3.02. The van der Waals surface area contributed by atoms with Crippen LogP contribution in [0.2, 0.25) is 0 Å². The standard InChI is InChI=1S/C6H8N4.ClH/c7-5-3-10-2-1-4(5)6(8)9;/h1-3H,7H2,(H3,8,9);1H. The van der Waals surface area contributed by atoms with Gasteiger partial charge in [-0.3, -0.25) is 10.4 Å². The number of amidine groups is 1. The molecule has 11 heavy (non-hydrogen) atoms. The van der Waals surface area contributed by atoms with Crippen LogP contribution in [0.5, 0.6) is 0 Å². The van der Waals surface area contributed by atoms with E-state index in [-0.39, 0.29) is 18.2 Å². The minimum absolute atomic E-state index is 0. The normalized spacial score (nSPS) is 8.36. The Bertz CT molecular complexity index is 261. The average molecular weight is 173 g/mol. The van der Waals surface area contributed by atoms with Crippen molar-refractivity contribution in [2.45, 2.75) is 0 Å². The van der Waals surface area contributed by atoms with Gasteiger partial charge in [0.2, 0.25) is 0 Å². The van der Waals surface area contributed by atoms with Crippen molar-refractivity contribution >= 4 is 23.9 Å². The maximum absolute atomic E-state index is 7.05. The molecule has 1 aromatic rings. The van der Waals surface area contributed by atoms with Gasteiger partial charge in [0.25, 0.3) is 0 Å². The molecule has 0 unspecified atom stereocenters. The number of hydrogen-bond acceptors (Lipinski definition) is 3. The minimum Gasteiger partial charge on any atom is -0.397 e. The van der Waals surface area contributed by atoms with E-state index in [1.807, 2.05) is 0 Å². The number of hydrogen-bond donors (Lipinski definition) is 3. The van der Waals surface area contributed by atoms with Gasteiger partial charge in [0.1, 0.15) is 5.84 Å². The highest BCUT2D eigenvalue weighted by Crippen LogP contribution is 2.05. The number of rotatable bonds is 1. The quantitative estimate of drug-likeness (QED) is 0.422. The highest BCUT2D eigenvalue weighted by Gasteiger charge is 1.98. The molecule has 0 atom stereocenters. The van der Waals surface area contributed by atoms with Gasteiger partial charge >= 0.3 is 0 Å². The van der Waals surface area contributed by atoms with Gasteiger partial charge in [-0.15, -0.1) is 12.4 Å². The topological polar surface area (TPSA) is 88.8 Å². The van der Waals surface area contributed by atoms with Crippen molar-refractivity contribution in [3.05, 3.63) is 24.0 Å². The Morgan fingerprint density at radius 3 is 2.55 bits per heavy atom. The minimum atomic E-state index is -0.0279. The predicted octanol–water partition coefficient (Wildman–Crippen LogP) is 0.370. The molecular formula is C6H9ClN4. The molecule has 0 bridgehead atoms. The molecule has 0 amide bonds. The summed E-state index contributed by atoms with van der Waals surface area (Å²) in [7, 11) is 0. The lowest BCUT2D eigenvalue weighted by Gasteiger charge is -1.99. The number of nitrogens with one attached hydrogen (secondary N) is 1. The van der Waals surface area contributed by atoms with E-state index in [0.717, 1.165) is 0 Å². The SMILES string of the molecule is Cl.N=C(N)c1ccncc1N. The molecule has 0 spiro atoms. The van der Waals surface area contributed by atoms with Gasteiger partial charge in [0.05, 0.1) is 11.9 Å². The summed E-state index contributed by atoms with van der Waals surface area (Å²) in [6.45, 7) is 0. The third-order valence-corrected chi connectivity index (χ3v) is 1.14. The third kappa shape index (κ3) is 2.09. The van der Waals surface area contributed by atoms with Crippen molar-refractivity contribution in [1.29, 1.82) is 5.41 Å². The van der Waals surface area contributed by atoms with Crippen LogP contribution < -0.4 is 11.5 Å². The van der Waals surface area contributed by atoms with Gasteiger partial charge in [-0.25, -0.2) is 0 Å². The van der Waals surface area contributed by atoms with Gasteiger partial charge in [0, 0.05) is 11.8 Å². The van der Waals surface area contributed by atoms with E-state index in [2.05, 4.69) is 4.98 Å². The molecule has 5 heteroatoms. The van der Waals surface area contributed by atoms with Crippen LogP contribution in [0.15, 0.2) is 18.5 Å². The smallest absolute Gasteiger partial charge is 0.124 e. The molecule has 0 aliphatic rings. The maximum atomic E-state index is 7.05. The number of pyridine rings is 1. The summed E-state index contributed by atoms with van der Waals surface area (Å²) in [4.78, 5) is 3.75. The summed E-state index contributed by atoms with van der Waals surface area (Å²) in [6, 6.07) is 1.61. The zero-order chi connectivity index (χ0) is 7.56. The molecule has 0 aliphatic heterocycles. The summed E-state index contributed by atoms with van der Waals surface area (Å²) >= 11 is 0. The van der Waals surface area contributed by atoms with Gasteiger partial charge in [-0.05, 0) is 6.07 Å². The molecule has 0 radical (unpaired) electrons. The van der Waals surface area contributed by atoms with Crippen molar-refractivity contribution in [1.82, 2.24) is 4.98 Å². The highest BCUT2D eigenvalue weighted by molar-refractivity contribution is 5.99. The molecule has 0 fully saturated rings. The first-order valence-corrected chi connectivity index (χ1v) is 2.75. The molecular weight excluding hydrogens is 164 g/mol. The zero-order valence-corrected chi connectivity index (χ0v) is 6.56. The molecule has 1 aromatic heterocycles. The van der Waals surface area contributed by atoms with Crippen molar-refractivity contribution < 1.29 is 0 Å². The Morgan fingerprint density at radius 2 is 2.18 bits per heavy atom. The first kappa shape index (κ1) is 9.71. The fourth-order valence-electron chi connectivity index (χ4n) is 0.652. The second-order valence-electron chi connectivity index (χ2n) is 1.88. The van der Waals surface area contributed by atoms with Crippen molar-refractivity contribution in [3.63, 3.8) is 0 Å². The Labute approximate surface area is 70.5 Å². The second kappa shape index (κ2) is 3.78. The summed E-state index contributed by atoms with van der Waals surface area (Å²) in [5.41, 5.74) is 11.6. The van der Waals surface area contributed by atoms with E-state index in [9.17, 15) is 0 Å². The van der Waals surface area contributed by atoms with E-state index in [4.69, 9.17) is 16.9 Å². The van der Waals surface area contributed by atoms with Gasteiger partial charge in [-0.2, -0.15) is 0 Å². The number of anilines is 1. The van der Waals surface area contributed by atoms with E-state index in [0.29, 0.717) is 11.3 Å². The molecule has 1 rings (SSSR count). The van der Waals surface area contributed by atoms with Crippen LogP contribution in [0.4, 0.5) is 5.69 Å². The predicted molar refractivity (Wildman–Crippen MR) is 46.9 cm³/mol. The van der Waals surface area contributed by atoms with E-state index in [1.165, 1.54) is 6.20 Å². The van der Waals surface area contributed by atoms with Crippen molar-refractivity contribution in [2.75, 3.05) is 5.73 Å². The monoisotopic (exact) mass is 172 g/mol. The Balaban J connectivity index is 0.000001000. The van der Waals surface area contributed by atoms with E-state index >= 15 is 0 Å². The molecule has 0 aromatic carbocycles. The molecule has 60 valence electrons. The summed E-state index contributed by atoms with van der Waals surface area (Å²) < 4.78 is 0. The number of halogens is 1. The van der Waals surface area contributed by atoms with Crippen molar-refractivity contribution in [3.8, 4) is 0 Å². The average Bonchev–Trinajstić information content (AvgIpc) is 1.88. The fourth-order valence-corrected chi connectivity index (χ4v) is 0.652. The van der Waals surface area contributed by atoms with Crippen LogP contribution in [0.1, 0.15) is 5.56 Å². The molecule has 0 aliphatic carbocycles. The van der Waals surface area contributed by atoms with Crippen LogP contribution in [0, 0.1) is 5.41 Å². The number of nitrogens with zero attached hydrogens (tertiary/aromatic N) is 1. The van der Waals surface area contributed by atoms with Crippen LogP contribution in [0.25, 0.3) is 0 Å². The molecule has 5 N–H and O–H groups in total. The Kier molecular flexibility index (Phi) is 3.33. The highest BCUT2D eigenvalue weighted by atomic mass is 35.5. The lowest BCUT2D eigenvalue weighted by atomic mass is 10.2. The third-order valence-electron chi connectivity index (χ3n) is 1.14. The van der Waals surface area contributed by atoms with Crippen LogP contribution in [-0.2, 0) is 0 Å². The Hall–Kier alpha value is -1.29. The lowest BCUT2D eigenvalue weighted by molar-refractivity contribution is 1.31. The number of nitrogens with two attached hydrogens (primary N) is 2. The van der Waals surface area contributed by atoms with Crippen LogP contribution in [0.3, 0.4) is 0 Å². The van der Waals surface area contributed by atoms with Crippen LogP contribution in [-0.4, -0.2) is 10.8 Å². The molecule has 0 saturated heterocycles. The van der Waals surface area contributed by atoms with Crippen molar-refractivity contribution in [2.24, 2.45) is 5.73 Å². The summed E-state index contributed by atoms with van der Waals surface area (Å²) in [5, 5.41) is 7.05. The zero-order valence-electron chi connectivity index (χ0n) is 5.74. The summed E-state index contributed by atoms with van der Waals surface area (Å²) in [5.74, 6) is -0.0279. The van der Waals surface area contributed by atoms with Gasteiger partial charge in [-0.1, -0.05) is 0 Å². The Morgan fingerprint density at radius 1 is 1.55 bits per heavy atom. The number of aromatic nitrogens is 1.